The second-order valence-corrected chi connectivity index (χ2v) is 6.20. The zero-order valence-corrected chi connectivity index (χ0v) is 13.2. The number of hydrogen-bond acceptors (Lipinski definition) is 3. The maximum atomic E-state index is 12.7. The molecular formula is C17H21N3O3. The fourth-order valence-electron chi connectivity index (χ4n) is 2.91. The van der Waals surface area contributed by atoms with Crippen molar-refractivity contribution in [2.24, 2.45) is 0 Å². The second kappa shape index (κ2) is 6.40. The molecule has 0 aromatic heterocycles. The fourth-order valence-corrected chi connectivity index (χ4v) is 2.91. The van der Waals surface area contributed by atoms with E-state index in [9.17, 15) is 14.4 Å². The minimum Gasteiger partial charge on any atom is -0.352 e. The van der Waals surface area contributed by atoms with E-state index in [2.05, 4.69) is 10.6 Å². The van der Waals surface area contributed by atoms with Gasteiger partial charge in [-0.15, -0.1) is 0 Å². The van der Waals surface area contributed by atoms with Gasteiger partial charge < -0.3 is 15.5 Å². The Bertz CT molecular complexity index is 640. The molecule has 1 atom stereocenters. The van der Waals surface area contributed by atoms with Crippen molar-refractivity contribution in [2.45, 2.75) is 44.7 Å². The van der Waals surface area contributed by atoms with E-state index in [1.165, 1.54) is 6.92 Å². The Hall–Kier alpha value is -2.37. The number of benzene rings is 1. The Kier molecular flexibility index (Phi) is 4.32. The van der Waals surface area contributed by atoms with Gasteiger partial charge in [-0.3, -0.25) is 14.4 Å². The number of nitrogens with one attached hydrogen (secondary N) is 2. The van der Waals surface area contributed by atoms with Crippen molar-refractivity contribution in [3.63, 3.8) is 0 Å². The molecule has 1 heterocycles. The SMILES string of the molecule is CC(=O)Nc1cccc(C(=O)N2CCCC2C(=O)NC2CC2)c1. The molecule has 23 heavy (non-hydrogen) atoms. The van der Waals surface area contributed by atoms with E-state index in [1.807, 2.05) is 0 Å². The van der Waals surface area contributed by atoms with Gasteiger partial charge in [-0.05, 0) is 43.9 Å². The van der Waals surface area contributed by atoms with Crippen molar-refractivity contribution in [1.82, 2.24) is 10.2 Å². The third-order valence-electron chi connectivity index (χ3n) is 4.17. The van der Waals surface area contributed by atoms with E-state index in [0.29, 0.717) is 30.3 Å². The molecule has 1 saturated heterocycles. The molecule has 6 nitrogen and oxygen atoms in total. The number of amides is 3. The van der Waals surface area contributed by atoms with E-state index in [4.69, 9.17) is 0 Å². The van der Waals surface area contributed by atoms with Crippen LogP contribution in [0, 0.1) is 0 Å². The van der Waals surface area contributed by atoms with Crippen LogP contribution in [0.4, 0.5) is 5.69 Å². The molecule has 1 saturated carbocycles. The summed E-state index contributed by atoms with van der Waals surface area (Å²) in [5.41, 5.74) is 1.07. The van der Waals surface area contributed by atoms with Gasteiger partial charge in [-0.25, -0.2) is 0 Å². The molecule has 2 aliphatic rings. The summed E-state index contributed by atoms with van der Waals surface area (Å²) in [5.74, 6) is -0.389. The van der Waals surface area contributed by atoms with E-state index in [1.54, 1.807) is 29.2 Å². The normalized spacial score (nSPS) is 20.2. The molecule has 1 aromatic rings. The van der Waals surface area contributed by atoms with E-state index in [0.717, 1.165) is 19.3 Å². The average Bonchev–Trinajstić information content (AvgIpc) is 3.18. The predicted octanol–water partition coefficient (Wildman–Crippen LogP) is 1.53. The summed E-state index contributed by atoms with van der Waals surface area (Å²) >= 11 is 0. The van der Waals surface area contributed by atoms with Crippen LogP contribution >= 0.6 is 0 Å². The minimum atomic E-state index is -0.382. The summed E-state index contributed by atoms with van der Waals surface area (Å²) < 4.78 is 0. The third-order valence-corrected chi connectivity index (χ3v) is 4.17. The van der Waals surface area contributed by atoms with Gasteiger partial charge in [-0.1, -0.05) is 6.07 Å². The summed E-state index contributed by atoms with van der Waals surface area (Å²) in [7, 11) is 0. The number of nitrogens with zero attached hydrogens (tertiary/aromatic N) is 1. The Morgan fingerprint density at radius 2 is 1.96 bits per heavy atom. The standard InChI is InChI=1S/C17H21N3O3/c1-11(21)18-14-5-2-4-12(10-14)17(23)20-9-3-6-15(20)16(22)19-13-7-8-13/h2,4-5,10,13,15H,3,6-9H2,1H3,(H,18,21)(H,19,22). The molecule has 3 amide bonds. The van der Waals surface area contributed by atoms with Gasteiger partial charge >= 0.3 is 0 Å². The minimum absolute atomic E-state index is 0.0450. The van der Waals surface area contributed by atoms with Crippen LogP contribution in [-0.4, -0.2) is 41.2 Å². The third kappa shape index (κ3) is 3.70. The lowest BCUT2D eigenvalue weighted by atomic mass is 10.1. The van der Waals surface area contributed by atoms with Gasteiger partial charge in [0.1, 0.15) is 6.04 Å². The van der Waals surface area contributed by atoms with Crippen LogP contribution in [0.25, 0.3) is 0 Å². The van der Waals surface area contributed by atoms with Crippen molar-refractivity contribution in [1.29, 1.82) is 0 Å². The molecule has 6 heteroatoms. The molecule has 2 N–H and O–H groups in total. The van der Waals surface area contributed by atoms with Crippen LogP contribution in [0.5, 0.6) is 0 Å². The van der Waals surface area contributed by atoms with Crippen LogP contribution < -0.4 is 10.6 Å². The monoisotopic (exact) mass is 315 g/mol. The molecule has 0 spiro atoms. The van der Waals surface area contributed by atoms with Gasteiger partial charge in [0.2, 0.25) is 11.8 Å². The molecule has 122 valence electrons. The summed E-state index contributed by atoms with van der Waals surface area (Å²) in [6.45, 7) is 2.01. The Morgan fingerprint density at radius 3 is 2.65 bits per heavy atom. The van der Waals surface area contributed by atoms with Gasteiger partial charge in [0.25, 0.3) is 5.91 Å². The average molecular weight is 315 g/mol. The number of likely N-dealkylation sites (tertiary alicyclic amines) is 1. The van der Waals surface area contributed by atoms with Crippen LogP contribution in [0.3, 0.4) is 0 Å². The first-order valence-electron chi connectivity index (χ1n) is 8.03. The van der Waals surface area contributed by atoms with Crippen LogP contribution in [-0.2, 0) is 9.59 Å². The number of carbonyl (C=O) groups excluding carboxylic acids is 3. The zero-order chi connectivity index (χ0) is 16.4. The first-order chi connectivity index (χ1) is 11.0. The molecule has 1 aromatic carbocycles. The van der Waals surface area contributed by atoms with Crippen LogP contribution in [0.1, 0.15) is 43.0 Å². The van der Waals surface area contributed by atoms with E-state index < -0.39 is 0 Å². The second-order valence-electron chi connectivity index (χ2n) is 6.20. The van der Waals surface area contributed by atoms with Gasteiger partial charge in [0, 0.05) is 30.8 Å². The summed E-state index contributed by atoms with van der Waals surface area (Å²) in [6.07, 6.45) is 3.60. The van der Waals surface area contributed by atoms with Gasteiger partial charge in [0.15, 0.2) is 0 Å². The number of anilines is 1. The fraction of sp³-hybridized carbons (Fsp3) is 0.471. The smallest absolute Gasteiger partial charge is 0.254 e. The molecule has 0 bridgehead atoms. The topological polar surface area (TPSA) is 78.5 Å². The Balaban J connectivity index is 1.73. The molecule has 1 unspecified atom stereocenters. The lowest BCUT2D eigenvalue weighted by Gasteiger charge is -2.24. The van der Waals surface area contributed by atoms with Gasteiger partial charge in [-0.2, -0.15) is 0 Å². The molecule has 0 radical (unpaired) electrons. The maximum Gasteiger partial charge on any atom is 0.254 e. The highest BCUT2D eigenvalue weighted by Crippen LogP contribution is 2.24. The molecule has 1 aliphatic carbocycles. The molecule has 2 fully saturated rings. The van der Waals surface area contributed by atoms with Crippen LogP contribution in [0.15, 0.2) is 24.3 Å². The van der Waals surface area contributed by atoms with E-state index in [-0.39, 0.29) is 23.8 Å². The number of rotatable bonds is 4. The number of hydrogen-bond donors (Lipinski definition) is 2. The first kappa shape index (κ1) is 15.5. The van der Waals surface area contributed by atoms with Crippen LogP contribution in [0.2, 0.25) is 0 Å². The quantitative estimate of drug-likeness (QED) is 0.884. The predicted molar refractivity (Wildman–Crippen MR) is 86.0 cm³/mol. The summed E-state index contributed by atoms with van der Waals surface area (Å²) in [6, 6.07) is 6.74. The largest absolute Gasteiger partial charge is 0.352 e. The van der Waals surface area contributed by atoms with Crippen molar-refractivity contribution < 1.29 is 14.4 Å². The zero-order valence-electron chi connectivity index (χ0n) is 13.2. The molecular weight excluding hydrogens is 294 g/mol. The highest BCUT2D eigenvalue weighted by molar-refractivity contribution is 5.99. The summed E-state index contributed by atoms with van der Waals surface area (Å²) in [5, 5.41) is 5.65. The Morgan fingerprint density at radius 1 is 1.17 bits per heavy atom. The van der Waals surface area contributed by atoms with Crippen molar-refractivity contribution in [2.75, 3.05) is 11.9 Å². The maximum absolute atomic E-state index is 12.7. The van der Waals surface area contributed by atoms with Crippen molar-refractivity contribution in [3.05, 3.63) is 29.8 Å². The van der Waals surface area contributed by atoms with Gasteiger partial charge in [0.05, 0.1) is 0 Å². The lowest BCUT2D eigenvalue weighted by Crippen LogP contribution is -2.46. The molecule has 3 rings (SSSR count). The number of carbonyl (C=O) groups is 3. The summed E-state index contributed by atoms with van der Waals surface area (Å²) in [4.78, 5) is 37.8. The lowest BCUT2D eigenvalue weighted by molar-refractivity contribution is -0.125. The molecule has 1 aliphatic heterocycles. The Labute approximate surface area is 135 Å². The first-order valence-corrected chi connectivity index (χ1v) is 8.03. The van der Waals surface area contributed by atoms with E-state index >= 15 is 0 Å². The highest BCUT2D eigenvalue weighted by Gasteiger charge is 2.36. The highest BCUT2D eigenvalue weighted by atomic mass is 16.2. The van der Waals surface area contributed by atoms with Crippen molar-refractivity contribution in [3.8, 4) is 0 Å². The van der Waals surface area contributed by atoms with Crippen molar-refractivity contribution >= 4 is 23.4 Å².